The van der Waals surface area contributed by atoms with Crippen molar-refractivity contribution >= 4 is 11.6 Å². The molecule has 0 spiro atoms. The zero-order valence-electron chi connectivity index (χ0n) is 12.8. The number of benzene rings is 1. The summed E-state index contributed by atoms with van der Waals surface area (Å²) in [6.45, 7) is 4.13. The van der Waals surface area contributed by atoms with Gasteiger partial charge in [-0.1, -0.05) is 12.1 Å². The highest BCUT2D eigenvalue weighted by Crippen LogP contribution is 2.21. The fraction of sp³-hybridized carbons (Fsp3) is 0.333. The van der Waals surface area contributed by atoms with Crippen LogP contribution in [0, 0.1) is 0 Å². The highest BCUT2D eigenvalue weighted by molar-refractivity contribution is 5.95. The quantitative estimate of drug-likeness (QED) is 0.942. The van der Waals surface area contributed by atoms with Crippen molar-refractivity contribution in [1.82, 2.24) is 10.3 Å². The Morgan fingerprint density at radius 1 is 1.23 bits per heavy atom. The van der Waals surface area contributed by atoms with E-state index < -0.39 is 0 Å². The van der Waals surface area contributed by atoms with Crippen LogP contribution in [0.15, 0.2) is 48.8 Å². The van der Waals surface area contributed by atoms with E-state index in [0.717, 1.165) is 24.3 Å². The van der Waals surface area contributed by atoms with E-state index in [1.165, 1.54) is 12.8 Å². The predicted octanol–water partition coefficient (Wildman–Crippen LogP) is 3.17. The van der Waals surface area contributed by atoms with E-state index in [1.54, 1.807) is 12.4 Å². The summed E-state index contributed by atoms with van der Waals surface area (Å²) in [5.41, 5.74) is 2.85. The SMILES string of the molecule is C[C@@H](NC(=O)c1cccc(N2CCCC2)c1)c1cccnc1. The van der Waals surface area contributed by atoms with Gasteiger partial charge in [0.05, 0.1) is 6.04 Å². The van der Waals surface area contributed by atoms with E-state index in [0.29, 0.717) is 5.56 Å². The third kappa shape index (κ3) is 3.27. The van der Waals surface area contributed by atoms with E-state index in [9.17, 15) is 4.79 Å². The van der Waals surface area contributed by atoms with Crippen LogP contribution < -0.4 is 10.2 Å². The number of aromatic nitrogens is 1. The van der Waals surface area contributed by atoms with Crippen molar-refractivity contribution in [2.75, 3.05) is 18.0 Å². The number of nitrogens with zero attached hydrogens (tertiary/aromatic N) is 2. The Kier molecular flexibility index (Phi) is 4.37. The number of anilines is 1. The minimum Gasteiger partial charge on any atom is -0.372 e. The molecule has 1 saturated heterocycles. The van der Waals surface area contributed by atoms with Gasteiger partial charge in [-0.15, -0.1) is 0 Å². The summed E-state index contributed by atoms with van der Waals surface area (Å²) >= 11 is 0. The van der Waals surface area contributed by atoms with E-state index in [1.807, 2.05) is 37.3 Å². The first-order valence-corrected chi connectivity index (χ1v) is 7.80. The number of carbonyl (C=O) groups is 1. The molecule has 1 amide bonds. The summed E-state index contributed by atoms with van der Waals surface area (Å²) in [7, 11) is 0. The van der Waals surface area contributed by atoms with Crippen LogP contribution in [0.5, 0.6) is 0 Å². The third-order valence-electron chi connectivity index (χ3n) is 4.11. The van der Waals surface area contributed by atoms with Gasteiger partial charge in [0.1, 0.15) is 0 Å². The fourth-order valence-corrected chi connectivity index (χ4v) is 2.81. The molecule has 1 fully saturated rings. The largest absolute Gasteiger partial charge is 0.372 e. The maximum absolute atomic E-state index is 12.4. The van der Waals surface area contributed by atoms with Crippen LogP contribution in [-0.2, 0) is 0 Å². The van der Waals surface area contributed by atoms with Gasteiger partial charge in [0.2, 0.25) is 0 Å². The van der Waals surface area contributed by atoms with Gasteiger partial charge < -0.3 is 10.2 Å². The molecule has 1 aliphatic rings. The topological polar surface area (TPSA) is 45.2 Å². The van der Waals surface area contributed by atoms with Crippen molar-refractivity contribution in [3.63, 3.8) is 0 Å². The lowest BCUT2D eigenvalue weighted by Crippen LogP contribution is -2.27. The predicted molar refractivity (Wildman–Crippen MR) is 88.0 cm³/mol. The molecule has 22 heavy (non-hydrogen) atoms. The molecular formula is C18H21N3O. The maximum Gasteiger partial charge on any atom is 0.251 e. The lowest BCUT2D eigenvalue weighted by atomic mass is 10.1. The van der Waals surface area contributed by atoms with Crippen LogP contribution in [0.2, 0.25) is 0 Å². The molecule has 1 N–H and O–H groups in total. The Morgan fingerprint density at radius 2 is 2.05 bits per heavy atom. The lowest BCUT2D eigenvalue weighted by Gasteiger charge is -2.19. The lowest BCUT2D eigenvalue weighted by molar-refractivity contribution is 0.0940. The zero-order valence-corrected chi connectivity index (χ0v) is 12.8. The third-order valence-corrected chi connectivity index (χ3v) is 4.11. The average molecular weight is 295 g/mol. The molecule has 1 aromatic heterocycles. The summed E-state index contributed by atoms with van der Waals surface area (Å²) < 4.78 is 0. The van der Waals surface area contributed by atoms with Gasteiger partial charge in [-0.2, -0.15) is 0 Å². The molecule has 3 rings (SSSR count). The molecule has 4 heteroatoms. The standard InChI is InChI=1S/C18H21N3O/c1-14(16-7-5-9-19-13-16)20-18(22)15-6-4-8-17(12-15)21-10-2-3-11-21/h4-9,12-14H,2-3,10-11H2,1H3,(H,20,22)/t14-/m1/s1. The molecule has 0 unspecified atom stereocenters. The van der Waals surface area contributed by atoms with Crippen molar-refractivity contribution in [3.05, 3.63) is 59.9 Å². The van der Waals surface area contributed by atoms with E-state index in [-0.39, 0.29) is 11.9 Å². The van der Waals surface area contributed by atoms with Crippen LogP contribution in [-0.4, -0.2) is 24.0 Å². The summed E-state index contributed by atoms with van der Waals surface area (Å²) in [5, 5.41) is 3.03. The molecule has 0 saturated carbocycles. The number of hydrogen-bond acceptors (Lipinski definition) is 3. The van der Waals surface area contributed by atoms with E-state index in [2.05, 4.69) is 21.3 Å². The Balaban J connectivity index is 1.71. The van der Waals surface area contributed by atoms with Crippen molar-refractivity contribution in [3.8, 4) is 0 Å². The van der Waals surface area contributed by atoms with Crippen LogP contribution in [0.3, 0.4) is 0 Å². The second-order valence-corrected chi connectivity index (χ2v) is 5.73. The Morgan fingerprint density at radius 3 is 2.77 bits per heavy atom. The Hall–Kier alpha value is -2.36. The highest BCUT2D eigenvalue weighted by Gasteiger charge is 2.15. The van der Waals surface area contributed by atoms with Crippen LogP contribution in [0.4, 0.5) is 5.69 Å². The molecule has 0 aliphatic carbocycles. The van der Waals surface area contributed by atoms with E-state index in [4.69, 9.17) is 0 Å². The maximum atomic E-state index is 12.4. The average Bonchev–Trinajstić information content (AvgIpc) is 3.10. The molecule has 1 atom stereocenters. The summed E-state index contributed by atoms with van der Waals surface area (Å²) in [6, 6.07) is 11.7. The number of amides is 1. The first kappa shape index (κ1) is 14.6. The second-order valence-electron chi connectivity index (χ2n) is 5.73. The molecule has 1 aromatic carbocycles. The molecule has 1 aliphatic heterocycles. The number of rotatable bonds is 4. The van der Waals surface area contributed by atoms with Gasteiger partial charge in [-0.3, -0.25) is 9.78 Å². The van der Waals surface area contributed by atoms with Crippen LogP contribution in [0.1, 0.15) is 41.7 Å². The molecular weight excluding hydrogens is 274 g/mol. The Bertz CT molecular complexity index is 636. The van der Waals surface area contributed by atoms with Crippen LogP contribution >= 0.6 is 0 Å². The van der Waals surface area contributed by atoms with E-state index >= 15 is 0 Å². The first-order valence-electron chi connectivity index (χ1n) is 7.80. The summed E-state index contributed by atoms with van der Waals surface area (Å²) in [5.74, 6) is -0.0441. The molecule has 0 bridgehead atoms. The normalized spacial score (nSPS) is 15.6. The first-order chi connectivity index (χ1) is 10.7. The number of pyridine rings is 1. The van der Waals surface area contributed by atoms with Crippen molar-refractivity contribution < 1.29 is 4.79 Å². The Labute approximate surface area is 131 Å². The second kappa shape index (κ2) is 6.60. The highest BCUT2D eigenvalue weighted by atomic mass is 16.1. The van der Waals surface area contributed by atoms with Gasteiger partial charge in [-0.05, 0) is 49.6 Å². The fourth-order valence-electron chi connectivity index (χ4n) is 2.81. The van der Waals surface area contributed by atoms with Gasteiger partial charge in [0.25, 0.3) is 5.91 Å². The van der Waals surface area contributed by atoms with Crippen LogP contribution in [0.25, 0.3) is 0 Å². The monoisotopic (exact) mass is 295 g/mol. The molecule has 114 valence electrons. The summed E-state index contributed by atoms with van der Waals surface area (Å²) in [6.07, 6.45) is 5.98. The van der Waals surface area contributed by atoms with Crippen molar-refractivity contribution in [2.45, 2.75) is 25.8 Å². The zero-order chi connectivity index (χ0) is 15.4. The molecule has 0 radical (unpaired) electrons. The summed E-state index contributed by atoms with van der Waals surface area (Å²) in [4.78, 5) is 18.9. The van der Waals surface area contributed by atoms with Crippen molar-refractivity contribution in [2.24, 2.45) is 0 Å². The minimum absolute atomic E-state index is 0.0441. The van der Waals surface area contributed by atoms with Crippen molar-refractivity contribution in [1.29, 1.82) is 0 Å². The molecule has 4 nitrogen and oxygen atoms in total. The van der Waals surface area contributed by atoms with Gasteiger partial charge in [0.15, 0.2) is 0 Å². The van der Waals surface area contributed by atoms with Gasteiger partial charge >= 0.3 is 0 Å². The number of hydrogen-bond donors (Lipinski definition) is 1. The number of carbonyl (C=O) groups excluding carboxylic acids is 1. The minimum atomic E-state index is -0.0587. The number of nitrogens with one attached hydrogen (secondary N) is 1. The van der Waals surface area contributed by atoms with Gasteiger partial charge in [-0.25, -0.2) is 0 Å². The van der Waals surface area contributed by atoms with Gasteiger partial charge in [0, 0.05) is 36.7 Å². The smallest absolute Gasteiger partial charge is 0.251 e. The molecule has 2 heterocycles. The molecule has 2 aromatic rings.